The summed E-state index contributed by atoms with van der Waals surface area (Å²) < 4.78 is 0. The van der Waals surface area contributed by atoms with Gasteiger partial charge in [-0.3, -0.25) is 4.79 Å². The van der Waals surface area contributed by atoms with Crippen LogP contribution in [0.15, 0.2) is 59.6 Å². The summed E-state index contributed by atoms with van der Waals surface area (Å²) in [6.45, 7) is 0. The maximum absolute atomic E-state index is 13.1. The zero-order valence-corrected chi connectivity index (χ0v) is 17.6. The number of hydrogen-bond donors (Lipinski definition) is 1. The Kier molecular flexibility index (Phi) is 5.76. The summed E-state index contributed by atoms with van der Waals surface area (Å²) in [7, 11) is 4.05. The Hall–Kier alpha value is -2.92. The first kappa shape index (κ1) is 19.4. The first-order chi connectivity index (χ1) is 14.1. The molecule has 0 atom stereocenters. The highest BCUT2D eigenvalue weighted by molar-refractivity contribution is 7.16. The maximum Gasteiger partial charge on any atom is 0.259 e. The third-order valence-corrected chi connectivity index (χ3v) is 6.35. The zero-order chi connectivity index (χ0) is 20.2. The van der Waals surface area contributed by atoms with Crippen molar-refractivity contribution in [1.82, 2.24) is 0 Å². The lowest BCUT2D eigenvalue weighted by Crippen LogP contribution is -2.14. The number of aliphatic imine (C=N–C) groups is 1. The van der Waals surface area contributed by atoms with Gasteiger partial charge in [-0.05, 0) is 61.1 Å². The molecule has 1 amide bonds. The van der Waals surface area contributed by atoms with Gasteiger partial charge in [0.1, 0.15) is 5.00 Å². The first-order valence-corrected chi connectivity index (χ1v) is 10.8. The van der Waals surface area contributed by atoms with Crippen LogP contribution in [0.2, 0.25) is 0 Å². The van der Waals surface area contributed by atoms with E-state index in [0.717, 1.165) is 46.8 Å². The average molecular weight is 404 g/mol. The van der Waals surface area contributed by atoms with Gasteiger partial charge < -0.3 is 10.2 Å². The lowest BCUT2D eigenvalue weighted by molar-refractivity contribution is 0.102. The highest BCUT2D eigenvalue weighted by Gasteiger charge is 2.25. The Bertz CT molecular complexity index is 1020. The molecule has 0 radical (unpaired) electrons. The van der Waals surface area contributed by atoms with E-state index in [-0.39, 0.29) is 5.91 Å². The van der Waals surface area contributed by atoms with Crippen LogP contribution in [0.25, 0.3) is 0 Å². The van der Waals surface area contributed by atoms with Gasteiger partial charge in [-0.25, -0.2) is 4.99 Å². The summed E-state index contributed by atoms with van der Waals surface area (Å²) in [5.41, 5.74) is 4.91. The summed E-state index contributed by atoms with van der Waals surface area (Å²) in [6, 6.07) is 17.9. The summed E-state index contributed by atoms with van der Waals surface area (Å²) >= 11 is 1.66. The number of nitrogens with zero attached hydrogens (tertiary/aromatic N) is 2. The van der Waals surface area contributed by atoms with Gasteiger partial charge in [0, 0.05) is 36.6 Å². The van der Waals surface area contributed by atoms with Crippen molar-refractivity contribution < 1.29 is 4.79 Å². The fourth-order valence-electron chi connectivity index (χ4n) is 3.58. The maximum atomic E-state index is 13.1. The average Bonchev–Trinajstić information content (AvgIpc) is 3.12. The van der Waals surface area contributed by atoms with Crippen molar-refractivity contribution in [3.05, 3.63) is 76.2 Å². The fraction of sp³-hybridized carbons (Fsp3) is 0.250. The number of aryl methyl sites for hydroxylation is 1. The number of fused-ring (bicyclic) bond motifs is 1. The van der Waals surface area contributed by atoms with Gasteiger partial charge in [0.25, 0.3) is 5.91 Å². The number of benzene rings is 2. The van der Waals surface area contributed by atoms with Gasteiger partial charge in [0.05, 0.1) is 5.56 Å². The highest BCUT2D eigenvalue weighted by Crippen LogP contribution is 2.40. The third-order valence-electron chi connectivity index (χ3n) is 5.15. The van der Waals surface area contributed by atoms with Crippen LogP contribution in [0, 0.1) is 0 Å². The van der Waals surface area contributed by atoms with Crippen LogP contribution in [0.4, 0.5) is 16.4 Å². The van der Waals surface area contributed by atoms with Gasteiger partial charge in [0.15, 0.2) is 0 Å². The molecular weight excluding hydrogens is 378 g/mol. The topological polar surface area (TPSA) is 44.7 Å². The van der Waals surface area contributed by atoms with Crippen molar-refractivity contribution in [2.75, 3.05) is 24.3 Å². The molecule has 4 nitrogen and oxygen atoms in total. The molecule has 2 aromatic carbocycles. The van der Waals surface area contributed by atoms with Crippen molar-refractivity contribution in [1.29, 1.82) is 0 Å². The van der Waals surface area contributed by atoms with E-state index >= 15 is 0 Å². The van der Waals surface area contributed by atoms with Crippen LogP contribution >= 0.6 is 11.3 Å². The number of anilines is 2. The minimum absolute atomic E-state index is 0.0642. The molecule has 148 valence electrons. The van der Waals surface area contributed by atoms with E-state index in [1.54, 1.807) is 11.3 Å². The summed E-state index contributed by atoms with van der Waals surface area (Å²) in [5.74, 6) is -0.0642. The molecule has 5 heteroatoms. The highest BCUT2D eigenvalue weighted by atomic mass is 32.1. The summed E-state index contributed by atoms with van der Waals surface area (Å²) in [4.78, 5) is 21.2. The van der Waals surface area contributed by atoms with E-state index in [2.05, 4.69) is 34.5 Å². The van der Waals surface area contributed by atoms with Crippen molar-refractivity contribution in [2.24, 2.45) is 4.99 Å². The van der Waals surface area contributed by atoms with Crippen molar-refractivity contribution in [3.63, 3.8) is 0 Å². The van der Waals surface area contributed by atoms with E-state index in [0.29, 0.717) is 0 Å². The molecule has 4 rings (SSSR count). The van der Waals surface area contributed by atoms with Gasteiger partial charge in [-0.15, -0.1) is 11.3 Å². The number of hydrogen-bond acceptors (Lipinski definition) is 4. The van der Waals surface area contributed by atoms with Gasteiger partial charge in [0.2, 0.25) is 0 Å². The monoisotopic (exact) mass is 403 g/mol. The minimum atomic E-state index is -0.0642. The molecule has 0 spiro atoms. The summed E-state index contributed by atoms with van der Waals surface area (Å²) in [6.07, 6.45) is 6.16. The van der Waals surface area contributed by atoms with Crippen LogP contribution in [0.5, 0.6) is 0 Å². The first-order valence-electron chi connectivity index (χ1n) is 9.94. The number of nitrogens with one attached hydrogen (secondary N) is 1. The molecule has 1 aromatic heterocycles. The molecule has 1 aliphatic rings. The lowest BCUT2D eigenvalue weighted by Gasteiger charge is -2.12. The molecule has 1 heterocycles. The van der Waals surface area contributed by atoms with Gasteiger partial charge in [-0.2, -0.15) is 0 Å². The van der Waals surface area contributed by atoms with E-state index in [1.165, 1.54) is 16.9 Å². The Balaban J connectivity index is 1.64. The molecule has 1 N–H and O–H groups in total. The number of carbonyl (C=O) groups is 1. The van der Waals surface area contributed by atoms with Crippen molar-refractivity contribution >= 4 is 39.8 Å². The number of para-hydroxylation sites is 1. The second kappa shape index (κ2) is 8.62. The Labute approximate surface area is 175 Å². The van der Waals surface area contributed by atoms with Crippen LogP contribution in [-0.2, 0) is 12.8 Å². The molecular formula is C24H25N3OS. The van der Waals surface area contributed by atoms with Gasteiger partial charge in [-0.1, -0.05) is 30.3 Å². The molecule has 29 heavy (non-hydrogen) atoms. The van der Waals surface area contributed by atoms with Gasteiger partial charge >= 0.3 is 0 Å². The lowest BCUT2D eigenvalue weighted by atomic mass is 9.95. The molecule has 0 saturated heterocycles. The summed E-state index contributed by atoms with van der Waals surface area (Å²) in [5, 5.41) is 3.85. The second-order valence-corrected chi connectivity index (χ2v) is 8.54. The Morgan fingerprint density at radius 2 is 1.76 bits per heavy atom. The van der Waals surface area contributed by atoms with E-state index in [1.807, 2.05) is 50.6 Å². The minimum Gasteiger partial charge on any atom is -0.378 e. The predicted molar refractivity (Wildman–Crippen MR) is 123 cm³/mol. The normalized spacial score (nSPS) is 13.3. The standard InChI is InChI=1S/C24H25N3OS/c1-27(2)19-14-12-17(13-15-19)16-25-24-22(20-10-6-7-11-21(20)29-24)23(28)26-18-8-4-3-5-9-18/h3-5,8-9,12-16H,6-7,10-11H2,1-2H3,(H,26,28). The van der Waals surface area contributed by atoms with E-state index < -0.39 is 0 Å². The molecule has 0 aliphatic heterocycles. The molecule has 1 aliphatic carbocycles. The molecule has 3 aromatic rings. The molecule has 0 saturated carbocycles. The fourth-order valence-corrected chi connectivity index (χ4v) is 4.81. The molecule has 0 fully saturated rings. The SMILES string of the molecule is CN(C)c1ccc(C=Nc2sc3c(c2C(=O)Nc2ccccc2)CCCC3)cc1. The van der Waals surface area contributed by atoms with Crippen LogP contribution in [0.3, 0.4) is 0 Å². The number of carbonyl (C=O) groups excluding carboxylic acids is 1. The largest absolute Gasteiger partial charge is 0.378 e. The molecule has 0 bridgehead atoms. The quantitative estimate of drug-likeness (QED) is 0.556. The number of thiophene rings is 1. The third kappa shape index (κ3) is 4.40. The zero-order valence-electron chi connectivity index (χ0n) is 16.8. The van der Waals surface area contributed by atoms with Crippen LogP contribution < -0.4 is 10.2 Å². The number of rotatable bonds is 5. The Morgan fingerprint density at radius 1 is 1.03 bits per heavy atom. The van der Waals surface area contributed by atoms with Crippen LogP contribution in [0.1, 0.15) is 39.2 Å². The number of amides is 1. The van der Waals surface area contributed by atoms with E-state index in [9.17, 15) is 4.79 Å². The van der Waals surface area contributed by atoms with E-state index in [4.69, 9.17) is 4.99 Å². The predicted octanol–water partition coefficient (Wildman–Crippen LogP) is 5.70. The van der Waals surface area contributed by atoms with Crippen LogP contribution in [-0.4, -0.2) is 26.2 Å². The van der Waals surface area contributed by atoms with Crippen molar-refractivity contribution in [2.45, 2.75) is 25.7 Å². The smallest absolute Gasteiger partial charge is 0.259 e. The molecule has 0 unspecified atom stereocenters. The Morgan fingerprint density at radius 3 is 2.48 bits per heavy atom. The second-order valence-electron chi connectivity index (χ2n) is 7.46. The van der Waals surface area contributed by atoms with Crippen molar-refractivity contribution in [3.8, 4) is 0 Å².